The number of hydrogen-bond donors (Lipinski definition) is 1. The molecule has 1 rings (SSSR count). The molecule has 0 bridgehead atoms. The zero-order valence-electron chi connectivity index (χ0n) is 11.8. The van der Waals surface area contributed by atoms with Gasteiger partial charge in [0.1, 0.15) is 11.3 Å². The lowest BCUT2D eigenvalue weighted by atomic mass is 10.1. The summed E-state index contributed by atoms with van der Waals surface area (Å²) < 4.78 is 10.6. The molecule has 0 aliphatic rings. The zero-order chi connectivity index (χ0) is 15.0. The van der Waals surface area contributed by atoms with Gasteiger partial charge in [0, 0.05) is 0 Å². The number of hydrogen-bond acceptors (Lipinski definition) is 4. The molecule has 0 saturated carbocycles. The Labute approximate surface area is 118 Å². The Kier molecular flexibility index (Phi) is 6.56. The third-order valence-corrected chi connectivity index (χ3v) is 2.52. The lowest BCUT2D eigenvalue weighted by Gasteiger charge is -2.12. The summed E-state index contributed by atoms with van der Waals surface area (Å²) in [4.78, 5) is 22.6. The van der Waals surface area contributed by atoms with E-state index in [2.05, 4.69) is 0 Å². The number of benzene rings is 1. The van der Waals surface area contributed by atoms with Crippen LogP contribution in [0.25, 0.3) is 0 Å². The lowest BCUT2D eigenvalue weighted by molar-refractivity contribution is -0.136. The second kappa shape index (κ2) is 8.19. The van der Waals surface area contributed by atoms with Crippen molar-refractivity contribution < 1.29 is 24.2 Å². The van der Waals surface area contributed by atoms with Crippen LogP contribution in [0.4, 0.5) is 0 Å². The molecule has 0 aliphatic carbocycles. The number of esters is 1. The van der Waals surface area contributed by atoms with Gasteiger partial charge < -0.3 is 14.6 Å². The monoisotopic (exact) mass is 280 g/mol. The number of carboxylic acids is 1. The van der Waals surface area contributed by atoms with E-state index >= 15 is 0 Å². The Hall–Kier alpha value is -2.04. The minimum Gasteiger partial charge on any atom is -0.493 e. The van der Waals surface area contributed by atoms with E-state index in [4.69, 9.17) is 14.6 Å². The molecule has 0 atom stereocenters. The van der Waals surface area contributed by atoms with Gasteiger partial charge in [0.05, 0.1) is 19.6 Å². The van der Waals surface area contributed by atoms with Crippen LogP contribution in [0.2, 0.25) is 0 Å². The molecule has 5 heteroatoms. The molecule has 0 radical (unpaired) electrons. The van der Waals surface area contributed by atoms with Crippen LogP contribution in [-0.2, 0) is 16.0 Å². The van der Waals surface area contributed by atoms with Crippen LogP contribution >= 0.6 is 0 Å². The molecule has 0 aromatic heterocycles. The van der Waals surface area contributed by atoms with E-state index in [1.54, 1.807) is 18.2 Å². The molecule has 0 amide bonds. The van der Waals surface area contributed by atoms with Crippen molar-refractivity contribution in [2.24, 2.45) is 0 Å². The van der Waals surface area contributed by atoms with Gasteiger partial charge in [0.2, 0.25) is 0 Å². The van der Waals surface area contributed by atoms with Crippen LogP contribution in [0.1, 0.15) is 42.6 Å². The molecule has 1 N–H and O–H groups in total. The average molecular weight is 280 g/mol. The normalized spacial score (nSPS) is 10.1. The highest BCUT2D eigenvalue weighted by molar-refractivity contribution is 5.92. The van der Waals surface area contributed by atoms with Crippen LogP contribution in [-0.4, -0.2) is 30.3 Å². The Morgan fingerprint density at radius 2 is 1.85 bits per heavy atom. The van der Waals surface area contributed by atoms with Crippen LogP contribution in [0.5, 0.6) is 5.75 Å². The minimum absolute atomic E-state index is 0.104. The highest BCUT2D eigenvalue weighted by Crippen LogP contribution is 2.22. The van der Waals surface area contributed by atoms with Crippen molar-refractivity contribution in [1.82, 2.24) is 0 Å². The van der Waals surface area contributed by atoms with Gasteiger partial charge in [-0.2, -0.15) is 0 Å². The number of rotatable bonds is 8. The van der Waals surface area contributed by atoms with Crippen LogP contribution < -0.4 is 4.74 Å². The third-order valence-electron chi connectivity index (χ3n) is 2.52. The molecule has 0 fully saturated rings. The van der Waals surface area contributed by atoms with E-state index in [1.807, 2.05) is 13.8 Å². The standard InChI is InChI=1S/C15H20O5/c1-3-7-19-13-9-11(10-14(16)17)5-6-12(13)15(18)20-8-4-2/h5-6,9H,3-4,7-8,10H2,1-2H3,(H,16,17). The molecule has 110 valence electrons. The number of carbonyl (C=O) groups excluding carboxylic acids is 1. The largest absolute Gasteiger partial charge is 0.493 e. The van der Waals surface area contributed by atoms with E-state index in [1.165, 1.54) is 0 Å². The smallest absolute Gasteiger partial charge is 0.341 e. The SMILES string of the molecule is CCCOC(=O)c1ccc(CC(=O)O)cc1OCCC. The number of carbonyl (C=O) groups is 2. The summed E-state index contributed by atoms with van der Waals surface area (Å²) in [5, 5.41) is 8.80. The second-order valence-electron chi connectivity index (χ2n) is 4.39. The summed E-state index contributed by atoms with van der Waals surface area (Å²) in [7, 11) is 0. The molecule has 0 spiro atoms. The van der Waals surface area contributed by atoms with Crippen molar-refractivity contribution in [3.63, 3.8) is 0 Å². The summed E-state index contributed by atoms with van der Waals surface area (Å²) in [6.45, 7) is 4.68. The first-order chi connectivity index (χ1) is 9.58. The van der Waals surface area contributed by atoms with Crippen molar-refractivity contribution in [1.29, 1.82) is 0 Å². The van der Waals surface area contributed by atoms with Gasteiger partial charge in [0.25, 0.3) is 0 Å². The number of ether oxygens (including phenoxy) is 2. The topological polar surface area (TPSA) is 72.8 Å². The Morgan fingerprint density at radius 3 is 2.45 bits per heavy atom. The first-order valence-corrected chi connectivity index (χ1v) is 6.73. The fourth-order valence-electron chi connectivity index (χ4n) is 1.62. The maximum Gasteiger partial charge on any atom is 0.341 e. The zero-order valence-corrected chi connectivity index (χ0v) is 11.8. The molecule has 20 heavy (non-hydrogen) atoms. The Balaban J connectivity index is 2.96. The lowest BCUT2D eigenvalue weighted by Crippen LogP contribution is -2.10. The summed E-state index contributed by atoms with van der Waals surface area (Å²) in [5.74, 6) is -0.987. The van der Waals surface area contributed by atoms with Crippen molar-refractivity contribution in [3.05, 3.63) is 29.3 Å². The molecule has 0 heterocycles. The fourth-order valence-corrected chi connectivity index (χ4v) is 1.62. The van der Waals surface area contributed by atoms with Crippen LogP contribution in [0, 0.1) is 0 Å². The number of carboxylic acid groups (broad SMARTS) is 1. The van der Waals surface area contributed by atoms with Crippen molar-refractivity contribution in [3.8, 4) is 5.75 Å². The first-order valence-electron chi connectivity index (χ1n) is 6.73. The maximum atomic E-state index is 11.9. The van der Waals surface area contributed by atoms with Crippen molar-refractivity contribution in [2.75, 3.05) is 13.2 Å². The van der Waals surface area contributed by atoms with Crippen molar-refractivity contribution in [2.45, 2.75) is 33.1 Å². The maximum absolute atomic E-state index is 11.9. The van der Waals surface area contributed by atoms with Gasteiger partial charge in [-0.15, -0.1) is 0 Å². The molecular weight excluding hydrogens is 260 g/mol. The molecule has 0 unspecified atom stereocenters. The number of aliphatic carboxylic acids is 1. The fraction of sp³-hybridized carbons (Fsp3) is 0.467. The van der Waals surface area contributed by atoms with Gasteiger partial charge in [-0.3, -0.25) is 4.79 Å². The summed E-state index contributed by atoms with van der Waals surface area (Å²) >= 11 is 0. The van der Waals surface area contributed by atoms with E-state index < -0.39 is 11.9 Å². The van der Waals surface area contributed by atoms with Gasteiger partial charge in [-0.1, -0.05) is 19.9 Å². The van der Waals surface area contributed by atoms with Crippen LogP contribution in [0.3, 0.4) is 0 Å². The van der Waals surface area contributed by atoms with E-state index in [0.717, 1.165) is 12.8 Å². The predicted molar refractivity (Wildman–Crippen MR) is 74.1 cm³/mol. The van der Waals surface area contributed by atoms with E-state index in [9.17, 15) is 9.59 Å². The molecule has 0 saturated heterocycles. The summed E-state index contributed by atoms with van der Waals surface area (Å²) in [5.41, 5.74) is 0.927. The van der Waals surface area contributed by atoms with Gasteiger partial charge in [-0.25, -0.2) is 4.79 Å². The Bertz CT molecular complexity index is 467. The third kappa shape index (κ3) is 4.91. The van der Waals surface area contributed by atoms with Gasteiger partial charge in [-0.05, 0) is 30.5 Å². The quantitative estimate of drug-likeness (QED) is 0.741. The van der Waals surface area contributed by atoms with Gasteiger partial charge >= 0.3 is 11.9 Å². The minimum atomic E-state index is -0.923. The average Bonchev–Trinajstić information content (AvgIpc) is 2.42. The molecule has 1 aromatic rings. The van der Waals surface area contributed by atoms with E-state index in [-0.39, 0.29) is 6.42 Å². The Morgan fingerprint density at radius 1 is 1.15 bits per heavy atom. The second-order valence-corrected chi connectivity index (χ2v) is 4.39. The highest BCUT2D eigenvalue weighted by Gasteiger charge is 2.15. The predicted octanol–water partition coefficient (Wildman–Crippen LogP) is 2.67. The molecule has 0 aliphatic heterocycles. The molecule has 1 aromatic carbocycles. The first kappa shape index (κ1) is 16.0. The van der Waals surface area contributed by atoms with E-state index in [0.29, 0.717) is 30.1 Å². The molecule has 5 nitrogen and oxygen atoms in total. The van der Waals surface area contributed by atoms with Crippen molar-refractivity contribution >= 4 is 11.9 Å². The molecular formula is C15H20O5. The summed E-state index contributed by atoms with van der Waals surface area (Å²) in [6.07, 6.45) is 1.44. The van der Waals surface area contributed by atoms with Gasteiger partial charge in [0.15, 0.2) is 0 Å². The van der Waals surface area contributed by atoms with Crippen LogP contribution in [0.15, 0.2) is 18.2 Å². The highest BCUT2D eigenvalue weighted by atomic mass is 16.5. The summed E-state index contributed by atoms with van der Waals surface area (Å²) in [6, 6.07) is 4.75.